The highest BCUT2D eigenvalue weighted by molar-refractivity contribution is 5.85. The molecule has 0 aromatic heterocycles. The van der Waals surface area contributed by atoms with Crippen LogP contribution in [0.3, 0.4) is 0 Å². The Morgan fingerprint density at radius 1 is 1.10 bits per heavy atom. The van der Waals surface area contributed by atoms with Gasteiger partial charge in [0.1, 0.15) is 0 Å². The molecule has 2 atom stereocenters. The molecule has 172 valence electrons. The molecule has 0 aromatic carbocycles. The smallest absolute Gasteiger partial charge is 0.231 e. The molecule has 0 aromatic rings. The fourth-order valence-corrected chi connectivity index (χ4v) is 5.19. The molecule has 1 amide bonds. The Kier molecular flexibility index (Phi) is 11.8. The Morgan fingerprint density at radius 3 is 2.24 bits per heavy atom. The Morgan fingerprint density at radius 2 is 1.69 bits per heavy atom. The summed E-state index contributed by atoms with van der Waals surface area (Å²) in [5.41, 5.74) is -0.299. The number of hydrogen-bond acceptors (Lipinski definition) is 5. The minimum Gasteiger partial charge on any atom is -0.384 e. The number of carbonyl (C=O) groups excluding carboxylic acids is 1. The van der Waals surface area contributed by atoms with E-state index in [0.717, 1.165) is 77.4 Å². The van der Waals surface area contributed by atoms with Crippen LogP contribution in [0, 0.1) is 11.3 Å². The molecule has 6 nitrogen and oxygen atoms in total. The third-order valence-corrected chi connectivity index (χ3v) is 6.69. The molecule has 3 saturated heterocycles. The summed E-state index contributed by atoms with van der Waals surface area (Å²) in [6.07, 6.45) is 6.00. The predicted octanol–water partition coefficient (Wildman–Crippen LogP) is 2.58. The summed E-state index contributed by atoms with van der Waals surface area (Å²) in [6.45, 7) is 11.8. The summed E-state index contributed by atoms with van der Waals surface area (Å²) in [7, 11) is 1.72. The van der Waals surface area contributed by atoms with Gasteiger partial charge in [0.2, 0.25) is 5.91 Å². The molecule has 3 aliphatic rings. The topological polar surface area (TPSA) is 54.0 Å². The third-order valence-electron chi connectivity index (χ3n) is 6.69. The number of morpholine rings is 1. The Hall–Kier alpha value is -0.110. The number of hydrogen-bond donors (Lipinski definition) is 1. The first-order valence-electron chi connectivity index (χ1n) is 10.9. The molecule has 2 unspecified atom stereocenters. The number of piperidine rings is 2. The molecule has 3 fully saturated rings. The summed E-state index contributed by atoms with van der Waals surface area (Å²) in [5, 5.41) is 3.38. The molecule has 0 aliphatic carbocycles. The number of likely N-dealkylation sites (tertiary alicyclic amines) is 1. The van der Waals surface area contributed by atoms with Crippen molar-refractivity contribution in [3.63, 3.8) is 0 Å². The maximum absolute atomic E-state index is 13.2. The van der Waals surface area contributed by atoms with E-state index in [2.05, 4.69) is 29.0 Å². The fraction of sp³-hybridized carbons (Fsp3) is 0.952. The van der Waals surface area contributed by atoms with Crippen LogP contribution in [0.25, 0.3) is 0 Å². The van der Waals surface area contributed by atoms with Crippen LogP contribution in [-0.4, -0.2) is 87.4 Å². The van der Waals surface area contributed by atoms with E-state index < -0.39 is 0 Å². The van der Waals surface area contributed by atoms with Crippen LogP contribution in [0.15, 0.2) is 0 Å². The average molecular weight is 454 g/mol. The third kappa shape index (κ3) is 7.22. The number of rotatable bonds is 6. The minimum atomic E-state index is -0.299. The standard InChI is InChI=1S/C21H39N3O3.2ClH/c1-17-14-23(15-18(2)27-17)11-4-19-5-12-24(13-6-19)20(25)21(16-26-3)7-9-22-10-8-21;;/h17-19,22H,4-16H2,1-3H3;2*1H. The van der Waals surface area contributed by atoms with E-state index in [4.69, 9.17) is 9.47 Å². The molecular formula is C21H41Cl2N3O3. The highest BCUT2D eigenvalue weighted by Gasteiger charge is 2.42. The molecule has 0 radical (unpaired) electrons. The van der Waals surface area contributed by atoms with Gasteiger partial charge in [-0.05, 0) is 71.5 Å². The predicted molar refractivity (Wildman–Crippen MR) is 121 cm³/mol. The van der Waals surface area contributed by atoms with E-state index in [1.165, 1.54) is 6.42 Å². The lowest BCUT2D eigenvalue weighted by Gasteiger charge is -2.42. The van der Waals surface area contributed by atoms with E-state index in [-0.39, 0.29) is 30.2 Å². The van der Waals surface area contributed by atoms with E-state index in [0.29, 0.717) is 24.7 Å². The number of carbonyl (C=O) groups is 1. The molecule has 8 heteroatoms. The highest BCUT2D eigenvalue weighted by Crippen LogP contribution is 2.33. The number of amides is 1. The van der Waals surface area contributed by atoms with Crippen LogP contribution in [0.1, 0.15) is 46.0 Å². The molecule has 29 heavy (non-hydrogen) atoms. The maximum atomic E-state index is 13.2. The molecule has 0 saturated carbocycles. The van der Waals surface area contributed by atoms with Crippen LogP contribution in [0.2, 0.25) is 0 Å². The Labute approximate surface area is 189 Å². The van der Waals surface area contributed by atoms with E-state index >= 15 is 0 Å². The van der Waals surface area contributed by atoms with Crippen molar-refractivity contribution < 1.29 is 14.3 Å². The van der Waals surface area contributed by atoms with Crippen molar-refractivity contribution in [1.82, 2.24) is 15.1 Å². The Balaban J connectivity index is 0.00000210. The lowest BCUT2D eigenvalue weighted by molar-refractivity contribution is -0.149. The van der Waals surface area contributed by atoms with Crippen LogP contribution in [0.5, 0.6) is 0 Å². The van der Waals surface area contributed by atoms with Crippen molar-refractivity contribution in [2.24, 2.45) is 11.3 Å². The van der Waals surface area contributed by atoms with Crippen LogP contribution in [0.4, 0.5) is 0 Å². The second kappa shape index (κ2) is 12.7. The summed E-state index contributed by atoms with van der Waals surface area (Å²) in [6, 6.07) is 0. The van der Waals surface area contributed by atoms with Gasteiger partial charge in [-0.25, -0.2) is 0 Å². The van der Waals surface area contributed by atoms with Gasteiger partial charge < -0.3 is 19.7 Å². The van der Waals surface area contributed by atoms with Crippen molar-refractivity contribution in [1.29, 1.82) is 0 Å². The van der Waals surface area contributed by atoms with Crippen molar-refractivity contribution in [2.75, 3.05) is 59.5 Å². The van der Waals surface area contributed by atoms with E-state index in [9.17, 15) is 4.79 Å². The van der Waals surface area contributed by atoms with Crippen LogP contribution >= 0.6 is 24.8 Å². The first-order chi connectivity index (χ1) is 13.0. The first-order valence-corrected chi connectivity index (χ1v) is 10.9. The summed E-state index contributed by atoms with van der Waals surface area (Å²) >= 11 is 0. The van der Waals surface area contributed by atoms with Gasteiger partial charge in [-0.15, -0.1) is 24.8 Å². The van der Waals surface area contributed by atoms with E-state index in [1.54, 1.807) is 7.11 Å². The zero-order valence-electron chi connectivity index (χ0n) is 18.4. The number of nitrogens with one attached hydrogen (secondary N) is 1. The van der Waals surface area contributed by atoms with Gasteiger partial charge in [0, 0.05) is 33.3 Å². The molecule has 1 N–H and O–H groups in total. The van der Waals surface area contributed by atoms with Crippen molar-refractivity contribution in [3.05, 3.63) is 0 Å². The summed E-state index contributed by atoms with van der Waals surface area (Å²) < 4.78 is 11.3. The van der Waals surface area contributed by atoms with Gasteiger partial charge in [0.25, 0.3) is 0 Å². The van der Waals surface area contributed by atoms with Gasteiger partial charge in [0.05, 0.1) is 24.2 Å². The van der Waals surface area contributed by atoms with Crippen molar-refractivity contribution in [3.8, 4) is 0 Å². The fourth-order valence-electron chi connectivity index (χ4n) is 5.19. The number of nitrogens with zero attached hydrogens (tertiary/aromatic N) is 2. The number of halogens is 2. The highest BCUT2D eigenvalue weighted by atomic mass is 35.5. The average Bonchev–Trinajstić information content (AvgIpc) is 2.66. The van der Waals surface area contributed by atoms with Gasteiger partial charge in [-0.1, -0.05) is 0 Å². The molecule has 3 heterocycles. The van der Waals surface area contributed by atoms with Crippen molar-refractivity contribution in [2.45, 2.75) is 58.2 Å². The maximum Gasteiger partial charge on any atom is 0.231 e. The van der Waals surface area contributed by atoms with Gasteiger partial charge in [0.15, 0.2) is 0 Å². The SMILES string of the molecule is COCC1(C(=O)N2CCC(CCN3CC(C)OC(C)C3)CC2)CCNCC1.Cl.Cl. The molecule has 3 aliphatic heterocycles. The Bertz CT molecular complexity index is 468. The summed E-state index contributed by atoms with van der Waals surface area (Å²) in [4.78, 5) is 17.9. The van der Waals surface area contributed by atoms with Crippen LogP contribution in [-0.2, 0) is 14.3 Å². The lowest BCUT2D eigenvalue weighted by Crippen LogP contribution is -2.53. The molecule has 3 rings (SSSR count). The second-order valence-electron chi connectivity index (χ2n) is 9.00. The van der Waals surface area contributed by atoms with Gasteiger partial charge in [-0.2, -0.15) is 0 Å². The van der Waals surface area contributed by atoms with Crippen LogP contribution < -0.4 is 5.32 Å². The number of methoxy groups -OCH3 is 1. The van der Waals surface area contributed by atoms with Gasteiger partial charge >= 0.3 is 0 Å². The monoisotopic (exact) mass is 453 g/mol. The lowest BCUT2D eigenvalue weighted by atomic mass is 9.77. The molecule has 0 bridgehead atoms. The first kappa shape index (κ1) is 26.9. The van der Waals surface area contributed by atoms with Gasteiger partial charge in [-0.3, -0.25) is 9.69 Å². The zero-order chi connectivity index (χ0) is 19.3. The molecule has 0 spiro atoms. The minimum absolute atomic E-state index is 0. The largest absolute Gasteiger partial charge is 0.384 e. The number of ether oxygens (including phenoxy) is 2. The zero-order valence-corrected chi connectivity index (χ0v) is 20.0. The quantitative estimate of drug-likeness (QED) is 0.669. The second-order valence-corrected chi connectivity index (χ2v) is 9.00. The van der Waals surface area contributed by atoms with E-state index in [1.807, 2.05) is 0 Å². The summed E-state index contributed by atoms with van der Waals surface area (Å²) in [5.74, 6) is 1.08. The molecular weight excluding hydrogens is 413 g/mol. The van der Waals surface area contributed by atoms with Crippen molar-refractivity contribution >= 4 is 30.7 Å². The normalized spacial score (nSPS) is 28.3.